The van der Waals surface area contributed by atoms with E-state index in [0.717, 1.165) is 10.2 Å². The van der Waals surface area contributed by atoms with Crippen LogP contribution >= 0.6 is 27.7 Å². The number of nitrogens with two attached hydrogens (primary N) is 1. The van der Waals surface area contributed by atoms with Crippen molar-refractivity contribution >= 4 is 33.6 Å². The predicted molar refractivity (Wildman–Crippen MR) is 78.7 cm³/mol. The van der Waals surface area contributed by atoms with Gasteiger partial charge in [0.05, 0.1) is 0 Å². The molecular formula is C14H12BrNOS. The maximum absolute atomic E-state index is 10.9. The second-order valence-electron chi connectivity index (χ2n) is 3.78. The first-order valence-corrected chi connectivity index (χ1v) is 7.21. The van der Waals surface area contributed by atoms with Crippen molar-refractivity contribution in [3.63, 3.8) is 0 Å². The SMILES string of the molecule is NC(=O)c1ccc(CSc2ccccc2Br)cc1. The number of rotatable bonds is 4. The van der Waals surface area contributed by atoms with Crippen LogP contribution in [0.2, 0.25) is 0 Å². The Kier molecular flexibility index (Phi) is 4.44. The summed E-state index contributed by atoms with van der Waals surface area (Å²) in [5.74, 6) is 0.474. The number of thioether (sulfide) groups is 1. The van der Waals surface area contributed by atoms with E-state index in [0.29, 0.717) is 5.56 Å². The summed E-state index contributed by atoms with van der Waals surface area (Å²) < 4.78 is 1.10. The van der Waals surface area contributed by atoms with Gasteiger partial charge in [-0.1, -0.05) is 24.3 Å². The van der Waals surface area contributed by atoms with E-state index in [-0.39, 0.29) is 5.91 Å². The van der Waals surface area contributed by atoms with Crippen molar-refractivity contribution in [3.8, 4) is 0 Å². The van der Waals surface area contributed by atoms with E-state index in [1.54, 1.807) is 23.9 Å². The van der Waals surface area contributed by atoms with Crippen molar-refractivity contribution in [3.05, 3.63) is 64.1 Å². The van der Waals surface area contributed by atoms with Crippen LogP contribution in [0.15, 0.2) is 57.9 Å². The highest BCUT2D eigenvalue weighted by Crippen LogP contribution is 2.29. The van der Waals surface area contributed by atoms with E-state index in [1.165, 1.54) is 10.5 Å². The topological polar surface area (TPSA) is 43.1 Å². The smallest absolute Gasteiger partial charge is 0.248 e. The highest BCUT2D eigenvalue weighted by atomic mass is 79.9. The van der Waals surface area contributed by atoms with Gasteiger partial charge in [-0.25, -0.2) is 0 Å². The highest BCUT2D eigenvalue weighted by molar-refractivity contribution is 9.10. The van der Waals surface area contributed by atoms with Crippen molar-refractivity contribution in [2.75, 3.05) is 0 Å². The van der Waals surface area contributed by atoms with Crippen molar-refractivity contribution in [1.29, 1.82) is 0 Å². The third-order valence-corrected chi connectivity index (χ3v) is 4.57. The van der Waals surface area contributed by atoms with Crippen LogP contribution in [0.25, 0.3) is 0 Å². The summed E-state index contributed by atoms with van der Waals surface area (Å²) in [5, 5.41) is 0. The molecule has 92 valence electrons. The fourth-order valence-corrected chi connectivity index (χ4v) is 3.01. The molecule has 18 heavy (non-hydrogen) atoms. The minimum absolute atomic E-state index is 0.389. The third-order valence-electron chi connectivity index (χ3n) is 2.47. The Balaban J connectivity index is 2.02. The van der Waals surface area contributed by atoms with Gasteiger partial charge in [-0.2, -0.15) is 0 Å². The minimum atomic E-state index is -0.389. The summed E-state index contributed by atoms with van der Waals surface area (Å²) >= 11 is 5.27. The van der Waals surface area contributed by atoms with Crippen LogP contribution in [0.5, 0.6) is 0 Å². The molecule has 0 radical (unpaired) electrons. The van der Waals surface area contributed by atoms with Crippen molar-refractivity contribution in [1.82, 2.24) is 0 Å². The fraction of sp³-hybridized carbons (Fsp3) is 0.0714. The lowest BCUT2D eigenvalue weighted by atomic mass is 10.1. The maximum atomic E-state index is 10.9. The first-order valence-electron chi connectivity index (χ1n) is 5.43. The molecule has 0 bridgehead atoms. The number of hydrogen-bond acceptors (Lipinski definition) is 2. The first kappa shape index (κ1) is 13.2. The molecule has 2 N–H and O–H groups in total. The lowest BCUT2D eigenvalue weighted by Gasteiger charge is -2.04. The van der Waals surface area contributed by atoms with Crippen LogP contribution in [0.1, 0.15) is 15.9 Å². The molecule has 4 heteroatoms. The molecule has 0 heterocycles. The van der Waals surface area contributed by atoms with Crippen LogP contribution in [0.4, 0.5) is 0 Å². The van der Waals surface area contributed by atoms with Crippen LogP contribution in [-0.4, -0.2) is 5.91 Å². The van der Waals surface area contributed by atoms with Crippen molar-refractivity contribution in [2.45, 2.75) is 10.6 Å². The third kappa shape index (κ3) is 3.37. The molecule has 0 unspecified atom stereocenters. The quantitative estimate of drug-likeness (QED) is 0.869. The molecule has 1 amide bonds. The van der Waals surface area contributed by atoms with Gasteiger partial charge in [-0.05, 0) is 45.8 Å². The molecule has 0 fully saturated rings. The molecule has 0 aliphatic rings. The van der Waals surface area contributed by atoms with E-state index in [1.807, 2.05) is 30.3 Å². The zero-order chi connectivity index (χ0) is 13.0. The Labute approximate surface area is 119 Å². The molecular weight excluding hydrogens is 310 g/mol. The summed E-state index contributed by atoms with van der Waals surface area (Å²) in [5.41, 5.74) is 6.91. The van der Waals surface area contributed by atoms with Gasteiger partial charge in [0.25, 0.3) is 0 Å². The molecule has 0 saturated heterocycles. The first-order chi connectivity index (χ1) is 8.66. The van der Waals surface area contributed by atoms with E-state index in [2.05, 4.69) is 22.0 Å². The number of carbonyl (C=O) groups excluding carboxylic acids is 1. The van der Waals surface area contributed by atoms with Crippen molar-refractivity contribution in [2.24, 2.45) is 5.73 Å². The Hall–Kier alpha value is -1.26. The van der Waals surface area contributed by atoms with Crippen molar-refractivity contribution < 1.29 is 4.79 Å². The molecule has 2 aromatic rings. The van der Waals surface area contributed by atoms with Gasteiger partial charge in [-0.3, -0.25) is 4.79 Å². The molecule has 0 aliphatic heterocycles. The van der Waals surface area contributed by atoms with Gasteiger partial charge < -0.3 is 5.73 Å². The van der Waals surface area contributed by atoms with Gasteiger partial charge in [-0.15, -0.1) is 11.8 Å². The molecule has 0 spiro atoms. The van der Waals surface area contributed by atoms with Crippen LogP contribution in [0, 0.1) is 0 Å². The van der Waals surface area contributed by atoms with Crippen LogP contribution < -0.4 is 5.73 Å². The van der Waals surface area contributed by atoms with Crippen LogP contribution in [0.3, 0.4) is 0 Å². The summed E-state index contributed by atoms with van der Waals surface area (Å²) in [6.45, 7) is 0. The monoisotopic (exact) mass is 321 g/mol. The van der Waals surface area contributed by atoms with Gasteiger partial charge in [0.15, 0.2) is 0 Å². The van der Waals surface area contributed by atoms with Gasteiger partial charge in [0.2, 0.25) is 5.91 Å². The van der Waals surface area contributed by atoms with E-state index < -0.39 is 0 Å². The predicted octanol–water partition coefficient (Wildman–Crippen LogP) is 3.84. The Morgan fingerprint density at radius 2 is 1.78 bits per heavy atom. The molecule has 0 aliphatic carbocycles. The normalized spacial score (nSPS) is 10.3. The zero-order valence-corrected chi connectivity index (χ0v) is 12.0. The van der Waals surface area contributed by atoms with E-state index in [9.17, 15) is 4.79 Å². The number of benzene rings is 2. The number of amides is 1. The number of hydrogen-bond donors (Lipinski definition) is 1. The molecule has 0 atom stereocenters. The molecule has 2 nitrogen and oxygen atoms in total. The lowest BCUT2D eigenvalue weighted by Crippen LogP contribution is -2.10. The second kappa shape index (κ2) is 6.07. The fourth-order valence-electron chi connectivity index (χ4n) is 1.49. The number of primary amides is 1. The highest BCUT2D eigenvalue weighted by Gasteiger charge is 2.02. The average Bonchev–Trinajstić information content (AvgIpc) is 2.38. The lowest BCUT2D eigenvalue weighted by molar-refractivity contribution is 0.100. The van der Waals surface area contributed by atoms with E-state index in [4.69, 9.17) is 5.73 Å². The summed E-state index contributed by atoms with van der Waals surface area (Å²) in [7, 11) is 0. The summed E-state index contributed by atoms with van der Waals surface area (Å²) in [6.07, 6.45) is 0. The van der Waals surface area contributed by atoms with Gasteiger partial charge >= 0.3 is 0 Å². The Bertz CT molecular complexity index is 554. The maximum Gasteiger partial charge on any atom is 0.248 e. The largest absolute Gasteiger partial charge is 0.366 e. The van der Waals surface area contributed by atoms with E-state index >= 15 is 0 Å². The Morgan fingerprint density at radius 3 is 2.39 bits per heavy atom. The molecule has 0 aromatic heterocycles. The standard InChI is InChI=1S/C14H12BrNOS/c15-12-3-1-2-4-13(12)18-9-10-5-7-11(8-6-10)14(16)17/h1-8H,9H2,(H2,16,17). The molecule has 2 rings (SSSR count). The van der Waals surface area contributed by atoms with Crippen LogP contribution in [-0.2, 0) is 5.75 Å². The number of carbonyl (C=O) groups is 1. The summed E-state index contributed by atoms with van der Waals surface area (Å²) in [6, 6.07) is 15.5. The average molecular weight is 322 g/mol. The molecule has 0 saturated carbocycles. The van der Waals surface area contributed by atoms with Gasteiger partial charge in [0, 0.05) is 20.7 Å². The summed E-state index contributed by atoms with van der Waals surface area (Å²) in [4.78, 5) is 12.2. The number of halogens is 1. The second-order valence-corrected chi connectivity index (χ2v) is 5.65. The molecule has 2 aromatic carbocycles. The zero-order valence-electron chi connectivity index (χ0n) is 9.60. The Morgan fingerprint density at radius 1 is 1.11 bits per heavy atom. The minimum Gasteiger partial charge on any atom is -0.366 e. The van der Waals surface area contributed by atoms with Gasteiger partial charge in [0.1, 0.15) is 0 Å².